The molecule has 0 radical (unpaired) electrons. The highest BCUT2D eigenvalue weighted by atomic mass is 19.1. The molecule has 0 aromatic heterocycles. The maximum Gasteiger partial charge on any atom is 0.329 e. The van der Waals surface area contributed by atoms with E-state index in [1.807, 2.05) is 26.8 Å². The molecule has 0 aliphatic heterocycles. The monoisotopic (exact) mass is 463 g/mol. The van der Waals surface area contributed by atoms with Crippen LogP contribution in [-0.4, -0.2) is 24.6 Å². The minimum Gasteiger partial charge on any atom is -0.490 e. The molecule has 0 fully saturated rings. The van der Waals surface area contributed by atoms with Crippen molar-refractivity contribution in [1.82, 2.24) is 5.43 Å². The summed E-state index contributed by atoms with van der Waals surface area (Å²) in [5, 5.41) is 6.39. The number of benzene rings is 3. The minimum atomic E-state index is -0.890. The Bertz CT molecular complexity index is 1190. The van der Waals surface area contributed by atoms with Crippen molar-refractivity contribution in [3.05, 3.63) is 88.7 Å². The highest BCUT2D eigenvalue weighted by molar-refractivity contribution is 6.39. The zero-order chi connectivity index (χ0) is 24.5. The summed E-state index contributed by atoms with van der Waals surface area (Å²) in [4.78, 5) is 24.1. The van der Waals surface area contributed by atoms with Crippen LogP contribution in [0.2, 0.25) is 0 Å². The molecule has 0 heterocycles. The molecule has 0 unspecified atom stereocenters. The first-order valence-corrected chi connectivity index (χ1v) is 10.7. The molecule has 0 bridgehead atoms. The van der Waals surface area contributed by atoms with Gasteiger partial charge in [0.15, 0.2) is 11.5 Å². The summed E-state index contributed by atoms with van der Waals surface area (Å²) >= 11 is 0. The number of nitrogens with one attached hydrogen (secondary N) is 2. The van der Waals surface area contributed by atoms with E-state index in [9.17, 15) is 14.0 Å². The molecule has 0 atom stereocenters. The summed E-state index contributed by atoms with van der Waals surface area (Å²) in [5.74, 6) is -1.01. The zero-order valence-electron chi connectivity index (χ0n) is 19.2. The molecule has 7 nitrogen and oxygen atoms in total. The highest BCUT2D eigenvalue weighted by Crippen LogP contribution is 2.29. The first kappa shape index (κ1) is 24.4. The molecule has 3 rings (SSSR count). The number of hydrogen-bond acceptors (Lipinski definition) is 5. The number of hydrazone groups is 1. The van der Waals surface area contributed by atoms with E-state index in [-0.39, 0.29) is 12.4 Å². The van der Waals surface area contributed by atoms with E-state index < -0.39 is 11.8 Å². The summed E-state index contributed by atoms with van der Waals surface area (Å²) in [5.41, 5.74) is 6.28. The molecule has 3 aromatic carbocycles. The quantitative estimate of drug-likeness (QED) is 0.292. The van der Waals surface area contributed by atoms with Crippen LogP contribution in [0.4, 0.5) is 10.1 Å². The van der Waals surface area contributed by atoms with Crippen molar-refractivity contribution in [2.75, 3.05) is 11.9 Å². The lowest BCUT2D eigenvalue weighted by molar-refractivity contribution is -0.136. The van der Waals surface area contributed by atoms with Crippen LogP contribution in [0.15, 0.2) is 65.8 Å². The third-order valence-electron chi connectivity index (χ3n) is 4.93. The minimum absolute atomic E-state index is 0.249. The maximum atomic E-state index is 13.1. The van der Waals surface area contributed by atoms with Crippen molar-refractivity contribution in [3.8, 4) is 11.5 Å². The fraction of sp³-hybridized carbons (Fsp3) is 0.192. The van der Waals surface area contributed by atoms with E-state index in [0.29, 0.717) is 29.4 Å². The second kappa shape index (κ2) is 11.6. The summed E-state index contributed by atoms with van der Waals surface area (Å²) in [6, 6.07) is 16.6. The van der Waals surface area contributed by atoms with Crippen molar-refractivity contribution < 1.29 is 23.5 Å². The van der Waals surface area contributed by atoms with Crippen LogP contribution < -0.4 is 20.2 Å². The zero-order valence-corrected chi connectivity index (χ0v) is 19.2. The Hall–Kier alpha value is -4.20. The summed E-state index contributed by atoms with van der Waals surface area (Å²) in [6.07, 6.45) is 1.40. The van der Waals surface area contributed by atoms with E-state index in [4.69, 9.17) is 9.47 Å². The Morgan fingerprint density at radius 3 is 2.38 bits per heavy atom. The number of halogens is 1. The average Bonchev–Trinajstić information content (AvgIpc) is 2.82. The van der Waals surface area contributed by atoms with Crippen LogP contribution in [0.5, 0.6) is 11.5 Å². The van der Waals surface area contributed by atoms with Crippen molar-refractivity contribution in [2.24, 2.45) is 5.10 Å². The van der Waals surface area contributed by atoms with Gasteiger partial charge in [0.2, 0.25) is 0 Å². The normalized spacial score (nSPS) is 10.7. The Labute approximate surface area is 197 Å². The lowest BCUT2D eigenvalue weighted by Gasteiger charge is -2.12. The van der Waals surface area contributed by atoms with Crippen LogP contribution in [0.1, 0.15) is 29.2 Å². The largest absolute Gasteiger partial charge is 0.490 e. The number of nitrogens with zero attached hydrogens (tertiary/aromatic N) is 1. The third-order valence-corrected chi connectivity index (χ3v) is 4.93. The number of anilines is 1. The molecule has 34 heavy (non-hydrogen) atoms. The molecule has 176 valence electrons. The Balaban J connectivity index is 1.59. The van der Waals surface area contributed by atoms with Gasteiger partial charge in [0.25, 0.3) is 0 Å². The molecule has 0 saturated carbocycles. The van der Waals surface area contributed by atoms with Gasteiger partial charge in [0, 0.05) is 5.69 Å². The van der Waals surface area contributed by atoms with E-state index in [1.54, 1.807) is 42.5 Å². The second-order valence-electron chi connectivity index (χ2n) is 7.51. The number of hydrogen-bond donors (Lipinski definition) is 2. The smallest absolute Gasteiger partial charge is 0.329 e. The van der Waals surface area contributed by atoms with Gasteiger partial charge in [-0.2, -0.15) is 5.10 Å². The molecule has 2 N–H and O–H groups in total. The van der Waals surface area contributed by atoms with Gasteiger partial charge in [-0.15, -0.1) is 0 Å². The molecule has 0 spiro atoms. The third kappa shape index (κ3) is 6.90. The standard InChI is InChI=1S/C26H26FN3O4/c1-4-33-24-14-20(8-12-23(24)34-16-19-6-9-21(27)10-7-19)15-28-30-26(32)25(31)29-22-11-5-17(2)18(3)13-22/h5-15H,4,16H2,1-3H3,(H,29,31)(H,30,32)/b28-15-. The summed E-state index contributed by atoms with van der Waals surface area (Å²) < 4.78 is 24.5. The first-order chi connectivity index (χ1) is 16.4. The van der Waals surface area contributed by atoms with Crippen LogP contribution in [0.3, 0.4) is 0 Å². The molecular formula is C26H26FN3O4. The van der Waals surface area contributed by atoms with Gasteiger partial charge >= 0.3 is 11.8 Å². The Kier molecular flexibility index (Phi) is 8.34. The van der Waals surface area contributed by atoms with Crippen molar-refractivity contribution in [1.29, 1.82) is 0 Å². The lowest BCUT2D eigenvalue weighted by atomic mass is 10.1. The molecule has 0 saturated heterocycles. The summed E-state index contributed by atoms with van der Waals surface area (Å²) in [6.45, 7) is 6.40. The van der Waals surface area contributed by atoms with Gasteiger partial charge in [0.05, 0.1) is 12.8 Å². The second-order valence-corrected chi connectivity index (χ2v) is 7.51. The fourth-order valence-electron chi connectivity index (χ4n) is 2.96. The first-order valence-electron chi connectivity index (χ1n) is 10.7. The van der Waals surface area contributed by atoms with Gasteiger partial charge < -0.3 is 14.8 Å². The number of aryl methyl sites for hydroxylation is 2. The van der Waals surface area contributed by atoms with E-state index in [1.165, 1.54) is 18.3 Å². The number of ether oxygens (including phenoxy) is 2. The number of rotatable bonds is 8. The maximum absolute atomic E-state index is 13.1. The van der Waals surface area contributed by atoms with Crippen molar-refractivity contribution in [2.45, 2.75) is 27.4 Å². The molecular weight excluding hydrogens is 437 g/mol. The number of amides is 2. The predicted molar refractivity (Wildman–Crippen MR) is 129 cm³/mol. The Morgan fingerprint density at radius 1 is 0.912 bits per heavy atom. The number of carbonyl (C=O) groups is 2. The SMILES string of the molecule is CCOc1cc(/C=N\NC(=O)C(=O)Nc2ccc(C)c(C)c2)ccc1OCc1ccc(F)cc1. The predicted octanol–water partition coefficient (Wildman–Crippen LogP) is 4.51. The van der Waals surface area contributed by atoms with Crippen LogP contribution in [0, 0.1) is 19.7 Å². The fourth-order valence-corrected chi connectivity index (χ4v) is 2.96. The van der Waals surface area contributed by atoms with Gasteiger partial charge in [-0.25, -0.2) is 9.82 Å². The van der Waals surface area contributed by atoms with Gasteiger partial charge in [-0.3, -0.25) is 9.59 Å². The van der Waals surface area contributed by atoms with E-state index >= 15 is 0 Å². The van der Waals surface area contributed by atoms with Crippen LogP contribution in [0.25, 0.3) is 0 Å². The van der Waals surface area contributed by atoms with Crippen LogP contribution in [-0.2, 0) is 16.2 Å². The van der Waals surface area contributed by atoms with Gasteiger partial charge in [-0.05, 0) is 85.5 Å². The highest BCUT2D eigenvalue weighted by Gasteiger charge is 2.13. The van der Waals surface area contributed by atoms with Gasteiger partial charge in [0.1, 0.15) is 12.4 Å². The topological polar surface area (TPSA) is 89.0 Å². The van der Waals surface area contributed by atoms with Gasteiger partial charge in [-0.1, -0.05) is 18.2 Å². The molecule has 0 aliphatic rings. The molecule has 2 amide bonds. The number of carbonyl (C=O) groups excluding carboxylic acids is 2. The van der Waals surface area contributed by atoms with Crippen LogP contribution >= 0.6 is 0 Å². The van der Waals surface area contributed by atoms with Crippen molar-refractivity contribution >= 4 is 23.7 Å². The Morgan fingerprint density at radius 2 is 1.68 bits per heavy atom. The van der Waals surface area contributed by atoms with Crippen molar-refractivity contribution in [3.63, 3.8) is 0 Å². The molecule has 0 aliphatic carbocycles. The average molecular weight is 464 g/mol. The van der Waals surface area contributed by atoms with E-state index in [2.05, 4.69) is 15.8 Å². The van der Waals surface area contributed by atoms with E-state index in [0.717, 1.165) is 16.7 Å². The summed E-state index contributed by atoms with van der Waals surface area (Å²) in [7, 11) is 0. The molecule has 8 heteroatoms. The lowest BCUT2D eigenvalue weighted by Crippen LogP contribution is -2.32. The molecule has 3 aromatic rings.